The first-order chi connectivity index (χ1) is 8.26. The molecule has 2 heterocycles. The van der Waals surface area contributed by atoms with E-state index < -0.39 is 0 Å². The van der Waals surface area contributed by atoms with Gasteiger partial charge in [0.1, 0.15) is 11.3 Å². The van der Waals surface area contributed by atoms with Crippen molar-refractivity contribution < 1.29 is 9.15 Å². The Hall–Kier alpha value is -2.01. The first-order valence-electron chi connectivity index (χ1n) is 5.05. The minimum absolute atomic E-state index is 0.596. The van der Waals surface area contributed by atoms with Crippen LogP contribution in [-0.2, 0) is 0 Å². The normalized spacial score (nSPS) is 10.9. The number of oxazole rings is 1. The van der Waals surface area contributed by atoms with Crippen LogP contribution < -0.4 is 10.5 Å². The first kappa shape index (κ1) is 10.2. The zero-order chi connectivity index (χ0) is 11.8. The highest BCUT2D eigenvalue weighted by atomic mass is 32.1. The summed E-state index contributed by atoms with van der Waals surface area (Å²) in [6.45, 7) is 0. The number of fused-ring (bicyclic) bond motifs is 1. The minimum atomic E-state index is 0.596. The van der Waals surface area contributed by atoms with Crippen LogP contribution in [0.2, 0.25) is 0 Å². The van der Waals surface area contributed by atoms with Crippen molar-refractivity contribution in [1.29, 1.82) is 0 Å². The molecule has 5 heteroatoms. The predicted octanol–water partition coefficient (Wildman–Crippen LogP) is 3.15. The summed E-state index contributed by atoms with van der Waals surface area (Å²) < 4.78 is 10.8. The van der Waals surface area contributed by atoms with E-state index in [1.54, 1.807) is 19.2 Å². The number of hydrogen-bond acceptors (Lipinski definition) is 5. The number of methoxy groups -OCH3 is 1. The molecule has 2 aromatic heterocycles. The summed E-state index contributed by atoms with van der Waals surface area (Å²) in [4.78, 5) is 5.34. The Morgan fingerprint density at radius 3 is 3.00 bits per heavy atom. The lowest BCUT2D eigenvalue weighted by Gasteiger charge is -1.89. The molecule has 1 aromatic carbocycles. The van der Waals surface area contributed by atoms with Gasteiger partial charge in [-0.3, -0.25) is 0 Å². The van der Waals surface area contributed by atoms with Gasteiger partial charge < -0.3 is 14.9 Å². The molecule has 2 N–H and O–H groups in total. The Morgan fingerprint density at radius 2 is 2.24 bits per heavy atom. The number of nitrogens with two attached hydrogens (primary N) is 1. The number of hydrogen-bond donors (Lipinski definition) is 1. The van der Waals surface area contributed by atoms with Gasteiger partial charge in [-0.1, -0.05) is 0 Å². The molecule has 0 fully saturated rings. The summed E-state index contributed by atoms with van der Waals surface area (Å²) in [7, 11) is 1.64. The molecule has 0 aliphatic heterocycles. The van der Waals surface area contributed by atoms with Gasteiger partial charge >= 0.3 is 0 Å². The van der Waals surface area contributed by atoms with Gasteiger partial charge in [-0.25, -0.2) is 4.98 Å². The molecule has 17 heavy (non-hydrogen) atoms. The second-order valence-electron chi connectivity index (χ2n) is 3.60. The molecule has 0 radical (unpaired) electrons. The molecule has 0 saturated carbocycles. The fourth-order valence-corrected chi connectivity index (χ4v) is 2.37. The Bertz CT molecular complexity index is 672. The molecule has 0 amide bonds. The number of nitrogen functional groups attached to an aromatic ring is 1. The van der Waals surface area contributed by atoms with Gasteiger partial charge in [-0.05, 0) is 18.2 Å². The summed E-state index contributed by atoms with van der Waals surface area (Å²) in [6, 6.07) is 7.32. The largest absolute Gasteiger partial charge is 0.496 e. The second-order valence-corrected chi connectivity index (χ2v) is 4.51. The summed E-state index contributed by atoms with van der Waals surface area (Å²) in [5, 5.41) is 1.92. The predicted molar refractivity (Wildman–Crippen MR) is 68.3 cm³/mol. The summed E-state index contributed by atoms with van der Waals surface area (Å²) in [5.41, 5.74) is 7.89. The maximum Gasteiger partial charge on any atom is 0.237 e. The lowest BCUT2D eigenvalue weighted by molar-refractivity contribution is 0.416. The third kappa shape index (κ3) is 1.74. The van der Waals surface area contributed by atoms with Gasteiger partial charge in [0, 0.05) is 17.1 Å². The highest BCUT2D eigenvalue weighted by Gasteiger charge is 2.10. The molecular formula is C12H10N2O2S. The summed E-state index contributed by atoms with van der Waals surface area (Å²) in [6.07, 6.45) is 0. The molecule has 0 aliphatic carbocycles. The molecule has 3 aromatic rings. The number of thiophene rings is 1. The van der Waals surface area contributed by atoms with Gasteiger partial charge in [0.25, 0.3) is 0 Å². The molecule has 0 unspecified atom stereocenters. The molecular weight excluding hydrogens is 236 g/mol. The van der Waals surface area contributed by atoms with E-state index in [1.807, 2.05) is 17.5 Å². The van der Waals surface area contributed by atoms with Crippen LogP contribution in [0.1, 0.15) is 0 Å². The standard InChI is InChI=1S/C12H10N2O2S/c1-15-8-5-11(17-6-8)12-14-9-4-7(13)2-3-10(9)16-12/h2-6H,13H2,1H3. The highest BCUT2D eigenvalue weighted by Crippen LogP contribution is 2.32. The molecule has 86 valence electrons. The van der Waals surface area contributed by atoms with Gasteiger partial charge in [0.05, 0.1) is 12.0 Å². The lowest BCUT2D eigenvalue weighted by atomic mass is 10.3. The molecule has 0 atom stereocenters. The number of ether oxygens (including phenoxy) is 1. The monoisotopic (exact) mass is 246 g/mol. The van der Waals surface area contributed by atoms with Crippen molar-refractivity contribution >= 4 is 28.1 Å². The van der Waals surface area contributed by atoms with E-state index in [1.165, 1.54) is 11.3 Å². The molecule has 0 bridgehead atoms. The van der Waals surface area contributed by atoms with Crippen LogP contribution in [0.3, 0.4) is 0 Å². The average molecular weight is 246 g/mol. The third-order valence-electron chi connectivity index (χ3n) is 2.43. The van der Waals surface area contributed by atoms with Crippen LogP contribution in [0.4, 0.5) is 5.69 Å². The second kappa shape index (κ2) is 3.78. The zero-order valence-corrected chi connectivity index (χ0v) is 9.95. The van der Waals surface area contributed by atoms with Crippen LogP contribution in [0.5, 0.6) is 5.75 Å². The van der Waals surface area contributed by atoms with Crippen LogP contribution in [0.15, 0.2) is 34.1 Å². The Morgan fingerprint density at radius 1 is 1.35 bits per heavy atom. The number of rotatable bonds is 2. The van der Waals surface area contributed by atoms with E-state index in [9.17, 15) is 0 Å². The van der Waals surface area contributed by atoms with Crippen LogP contribution in [0, 0.1) is 0 Å². The topological polar surface area (TPSA) is 61.3 Å². The van der Waals surface area contributed by atoms with E-state index in [2.05, 4.69) is 4.98 Å². The van der Waals surface area contributed by atoms with E-state index in [-0.39, 0.29) is 0 Å². The van der Waals surface area contributed by atoms with E-state index >= 15 is 0 Å². The van der Waals surface area contributed by atoms with E-state index in [0.717, 1.165) is 21.7 Å². The van der Waals surface area contributed by atoms with Crippen molar-refractivity contribution in [1.82, 2.24) is 4.98 Å². The minimum Gasteiger partial charge on any atom is -0.496 e. The molecule has 4 nitrogen and oxygen atoms in total. The lowest BCUT2D eigenvalue weighted by Crippen LogP contribution is -1.82. The van der Waals surface area contributed by atoms with Crippen molar-refractivity contribution in [2.24, 2.45) is 0 Å². The van der Waals surface area contributed by atoms with E-state index in [4.69, 9.17) is 14.9 Å². The number of benzene rings is 1. The van der Waals surface area contributed by atoms with Crippen molar-refractivity contribution in [3.63, 3.8) is 0 Å². The fraction of sp³-hybridized carbons (Fsp3) is 0.0833. The molecule has 0 aliphatic rings. The Balaban J connectivity index is 2.11. The van der Waals surface area contributed by atoms with Crippen LogP contribution in [0.25, 0.3) is 21.9 Å². The van der Waals surface area contributed by atoms with Crippen molar-refractivity contribution in [3.8, 4) is 16.5 Å². The van der Waals surface area contributed by atoms with Crippen LogP contribution in [-0.4, -0.2) is 12.1 Å². The summed E-state index contributed by atoms with van der Waals surface area (Å²) in [5.74, 6) is 1.41. The molecule has 3 rings (SSSR count). The molecule has 0 spiro atoms. The Kier molecular flexibility index (Phi) is 2.26. The van der Waals surface area contributed by atoms with Crippen LogP contribution >= 0.6 is 11.3 Å². The maximum absolute atomic E-state index is 5.70. The van der Waals surface area contributed by atoms with Crippen molar-refractivity contribution in [2.75, 3.05) is 12.8 Å². The number of anilines is 1. The zero-order valence-electron chi connectivity index (χ0n) is 9.14. The highest BCUT2D eigenvalue weighted by molar-refractivity contribution is 7.13. The third-order valence-corrected chi connectivity index (χ3v) is 3.33. The van der Waals surface area contributed by atoms with Gasteiger partial charge in [-0.2, -0.15) is 0 Å². The number of aromatic nitrogens is 1. The van der Waals surface area contributed by atoms with E-state index in [0.29, 0.717) is 11.6 Å². The smallest absolute Gasteiger partial charge is 0.237 e. The maximum atomic E-state index is 5.70. The molecule has 0 saturated heterocycles. The number of nitrogens with zero attached hydrogens (tertiary/aromatic N) is 1. The SMILES string of the molecule is COc1csc(-c2nc3cc(N)ccc3o2)c1. The fourth-order valence-electron chi connectivity index (χ4n) is 1.59. The average Bonchev–Trinajstić information content (AvgIpc) is 2.93. The summed E-state index contributed by atoms with van der Waals surface area (Å²) >= 11 is 1.53. The first-order valence-corrected chi connectivity index (χ1v) is 5.93. The Labute approximate surface area is 102 Å². The van der Waals surface area contributed by atoms with Gasteiger partial charge in [0.2, 0.25) is 5.89 Å². The van der Waals surface area contributed by atoms with Crippen molar-refractivity contribution in [3.05, 3.63) is 29.6 Å². The van der Waals surface area contributed by atoms with Gasteiger partial charge in [0.15, 0.2) is 5.58 Å². The quantitative estimate of drug-likeness (QED) is 0.705. The van der Waals surface area contributed by atoms with Gasteiger partial charge in [-0.15, -0.1) is 11.3 Å². The van der Waals surface area contributed by atoms with Crippen molar-refractivity contribution in [2.45, 2.75) is 0 Å².